The molecule has 0 aromatic rings. The van der Waals surface area contributed by atoms with Gasteiger partial charge < -0.3 is 21.7 Å². The Balaban J connectivity index is 3.92. The van der Waals surface area contributed by atoms with Gasteiger partial charge in [0, 0.05) is 0 Å². The summed E-state index contributed by atoms with van der Waals surface area (Å²) in [6.45, 7) is 1.47. The van der Waals surface area contributed by atoms with Gasteiger partial charge in [-0.25, -0.2) is 0 Å². The highest BCUT2D eigenvalue weighted by Crippen LogP contribution is 2.06. The molecule has 56 valence electrons. The quantitative estimate of drug-likeness (QED) is 0.348. The van der Waals surface area contributed by atoms with E-state index in [-0.39, 0.29) is 6.61 Å². The molecule has 0 rings (SSSR count). The molecule has 0 aromatic carbocycles. The summed E-state index contributed by atoms with van der Waals surface area (Å²) in [7, 11) is 0. The Morgan fingerprint density at radius 2 is 2.11 bits per heavy atom. The van der Waals surface area contributed by atoms with E-state index in [1.807, 2.05) is 0 Å². The maximum absolute atomic E-state index is 8.76. The molecule has 0 aliphatic rings. The second-order valence-corrected chi connectivity index (χ2v) is 2.19. The van der Waals surface area contributed by atoms with Crippen molar-refractivity contribution in [3.05, 3.63) is 0 Å². The molecule has 0 saturated carbocycles. The smallest absolute Gasteiger partial charge is 0.122 e. The summed E-state index contributed by atoms with van der Waals surface area (Å²) < 4.78 is 0. The van der Waals surface area contributed by atoms with Crippen LogP contribution in [0.15, 0.2) is 0 Å². The normalized spacial score (nSPS) is 21.0. The standard InChI is InChI=1S/C5H14N2O2/c1-2-5(7,3-8)4(6)9/h4,8-9H,2-3,6-7H2,1H3. The average Bonchev–Trinajstić information content (AvgIpc) is 1.86. The van der Waals surface area contributed by atoms with Gasteiger partial charge in [0.2, 0.25) is 0 Å². The first kappa shape index (κ1) is 8.84. The molecule has 0 saturated heterocycles. The van der Waals surface area contributed by atoms with E-state index in [1.54, 1.807) is 6.92 Å². The minimum Gasteiger partial charge on any atom is -0.394 e. The van der Waals surface area contributed by atoms with Crippen LogP contribution in [0.2, 0.25) is 0 Å². The van der Waals surface area contributed by atoms with Crippen molar-refractivity contribution in [3.8, 4) is 0 Å². The third-order valence-electron chi connectivity index (χ3n) is 1.54. The van der Waals surface area contributed by atoms with E-state index < -0.39 is 11.8 Å². The summed E-state index contributed by atoms with van der Waals surface area (Å²) in [4.78, 5) is 0. The van der Waals surface area contributed by atoms with E-state index in [0.29, 0.717) is 6.42 Å². The monoisotopic (exact) mass is 134 g/mol. The summed E-state index contributed by atoms with van der Waals surface area (Å²) in [5.74, 6) is 0. The first-order chi connectivity index (χ1) is 4.06. The summed E-state index contributed by atoms with van der Waals surface area (Å²) in [5.41, 5.74) is 9.45. The van der Waals surface area contributed by atoms with Crippen LogP contribution in [0.5, 0.6) is 0 Å². The van der Waals surface area contributed by atoms with Gasteiger partial charge in [-0.3, -0.25) is 0 Å². The number of hydrogen-bond acceptors (Lipinski definition) is 4. The molecule has 4 nitrogen and oxygen atoms in total. The zero-order chi connectivity index (χ0) is 7.49. The maximum atomic E-state index is 8.76. The lowest BCUT2D eigenvalue weighted by Crippen LogP contribution is -2.57. The van der Waals surface area contributed by atoms with Gasteiger partial charge in [0.05, 0.1) is 12.1 Å². The van der Waals surface area contributed by atoms with Crippen LogP contribution in [0.4, 0.5) is 0 Å². The van der Waals surface area contributed by atoms with E-state index in [0.717, 1.165) is 0 Å². The minimum atomic E-state index is -1.15. The SMILES string of the molecule is CCC(N)(CO)C(N)O. The van der Waals surface area contributed by atoms with E-state index >= 15 is 0 Å². The zero-order valence-electron chi connectivity index (χ0n) is 5.54. The molecule has 0 amide bonds. The fraction of sp³-hybridized carbons (Fsp3) is 1.00. The highest BCUT2D eigenvalue weighted by atomic mass is 16.3. The van der Waals surface area contributed by atoms with Crippen molar-refractivity contribution in [2.45, 2.75) is 25.1 Å². The van der Waals surface area contributed by atoms with Crippen molar-refractivity contribution >= 4 is 0 Å². The molecule has 9 heavy (non-hydrogen) atoms. The first-order valence-corrected chi connectivity index (χ1v) is 2.90. The van der Waals surface area contributed by atoms with Crippen molar-refractivity contribution in [2.24, 2.45) is 11.5 Å². The van der Waals surface area contributed by atoms with Crippen molar-refractivity contribution in [2.75, 3.05) is 6.61 Å². The molecule has 0 fully saturated rings. The van der Waals surface area contributed by atoms with Gasteiger partial charge in [-0.05, 0) is 6.42 Å². The van der Waals surface area contributed by atoms with Gasteiger partial charge in [-0.2, -0.15) is 0 Å². The van der Waals surface area contributed by atoms with E-state index in [1.165, 1.54) is 0 Å². The summed E-state index contributed by atoms with van der Waals surface area (Å²) in [5, 5.41) is 17.4. The topological polar surface area (TPSA) is 92.5 Å². The first-order valence-electron chi connectivity index (χ1n) is 2.90. The Hall–Kier alpha value is -0.160. The van der Waals surface area contributed by atoms with Crippen LogP contribution in [0.1, 0.15) is 13.3 Å². The Morgan fingerprint density at radius 1 is 1.67 bits per heavy atom. The van der Waals surface area contributed by atoms with Crippen LogP contribution >= 0.6 is 0 Å². The van der Waals surface area contributed by atoms with Crippen molar-refractivity contribution in [1.29, 1.82) is 0 Å². The molecule has 0 bridgehead atoms. The summed E-state index contributed by atoms with van der Waals surface area (Å²) in [6, 6.07) is 0. The Labute approximate surface area is 54.5 Å². The molecule has 0 aliphatic carbocycles. The predicted octanol–water partition coefficient (Wildman–Crippen LogP) is -1.64. The highest BCUT2D eigenvalue weighted by molar-refractivity contribution is 4.85. The Bertz CT molecular complexity index is 81.0. The number of aliphatic hydroxyl groups is 2. The van der Waals surface area contributed by atoms with Crippen molar-refractivity contribution in [3.63, 3.8) is 0 Å². The molecule has 6 N–H and O–H groups in total. The molecule has 2 atom stereocenters. The molecule has 0 aliphatic heterocycles. The molecule has 0 heterocycles. The fourth-order valence-corrected chi connectivity index (χ4v) is 0.414. The molecule has 2 unspecified atom stereocenters. The molecular weight excluding hydrogens is 120 g/mol. The Kier molecular flexibility index (Phi) is 3.07. The number of rotatable bonds is 3. The lowest BCUT2D eigenvalue weighted by Gasteiger charge is -2.27. The van der Waals surface area contributed by atoms with Gasteiger partial charge >= 0.3 is 0 Å². The molecule has 0 spiro atoms. The lowest BCUT2D eigenvalue weighted by atomic mass is 9.97. The third kappa shape index (κ3) is 1.91. The number of nitrogens with two attached hydrogens (primary N) is 2. The van der Waals surface area contributed by atoms with Crippen LogP contribution in [0, 0.1) is 0 Å². The summed E-state index contributed by atoms with van der Waals surface area (Å²) >= 11 is 0. The second-order valence-electron chi connectivity index (χ2n) is 2.19. The largest absolute Gasteiger partial charge is 0.394 e. The van der Waals surface area contributed by atoms with Crippen LogP contribution in [-0.2, 0) is 0 Å². The number of aliphatic hydroxyl groups excluding tert-OH is 2. The second kappa shape index (κ2) is 3.12. The molecule has 4 heteroatoms. The van der Waals surface area contributed by atoms with Crippen LogP contribution < -0.4 is 11.5 Å². The van der Waals surface area contributed by atoms with Crippen molar-refractivity contribution in [1.82, 2.24) is 0 Å². The highest BCUT2D eigenvalue weighted by Gasteiger charge is 2.27. The van der Waals surface area contributed by atoms with Crippen LogP contribution in [0.3, 0.4) is 0 Å². The van der Waals surface area contributed by atoms with Gasteiger partial charge in [0.1, 0.15) is 6.23 Å². The van der Waals surface area contributed by atoms with Gasteiger partial charge in [0.15, 0.2) is 0 Å². The van der Waals surface area contributed by atoms with Gasteiger partial charge in [-0.15, -0.1) is 0 Å². The Morgan fingerprint density at radius 3 is 2.11 bits per heavy atom. The average molecular weight is 134 g/mol. The predicted molar refractivity (Wildman–Crippen MR) is 34.5 cm³/mol. The van der Waals surface area contributed by atoms with Crippen LogP contribution in [-0.4, -0.2) is 28.6 Å². The van der Waals surface area contributed by atoms with Gasteiger partial charge in [0.25, 0.3) is 0 Å². The zero-order valence-corrected chi connectivity index (χ0v) is 5.54. The molecule has 0 radical (unpaired) electrons. The van der Waals surface area contributed by atoms with Gasteiger partial charge in [-0.1, -0.05) is 6.92 Å². The summed E-state index contributed by atoms with van der Waals surface area (Å²) in [6.07, 6.45) is -0.686. The van der Waals surface area contributed by atoms with Crippen LogP contribution in [0.25, 0.3) is 0 Å². The number of hydrogen-bond donors (Lipinski definition) is 4. The minimum absolute atomic E-state index is 0.291. The van der Waals surface area contributed by atoms with E-state index in [2.05, 4.69) is 0 Å². The maximum Gasteiger partial charge on any atom is 0.122 e. The molecular formula is C5H14N2O2. The van der Waals surface area contributed by atoms with E-state index in [9.17, 15) is 0 Å². The lowest BCUT2D eigenvalue weighted by molar-refractivity contribution is 0.0450. The van der Waals surface area contributed by atoms with Crippen molar-refractivity contribution < 1.29 is 10.2 Å². The third-order valence-corrected chi connectivity index (χ3v) is 1.54. The molecule has 0 aromatic heterocycles. The van der Waals surface area contributed by atoms with E-state index in [4.69, 9.17) is 21.7 Å². The fourth-order valence-electron chi connectivity index (χ4n) is 0.414.